The average molecular weight is 566 g/mol. The van der Waals surface area contributed by atoms with Crippen molar-refractivity contribution < 1.29 is 19.4 Å². The smallest absolute Gasteiger partial charge is 0.335 e. The fourth-order valence-electron chi connectivity index (χ4n) is 6.45. The maximum Gasteiger partial charge on any atom is 0.335 e. The molecule has 1 saturated heterocycles. The largest absolute Gasteiger partial charge is 0.478 e. The first-order valence-electron chi connectivity index (χ1n) is 15.0. The fourth-order valence-corrected chi connectivity index (χ4v) is 6.45. The number of carboxylic acids is 1. The lowest BCUT2D eigenvalue weighted by atomic mass is 9.79. The van der Waals surface area contributed by atoms with Crippen LogP contribution in [-0.2, 0) is 22.6 Å². The van der Waals surface area contributed by atoms with Gasteiger partial charge in [0.2, 0.25) is 5.91 Å². The number of hydrogen-bond acceptors (Lipinski definition) is 4. The number of ether oxygens (including phenoxy) is 1. The van der Waals surface area contributed by atoms with E-state index in [-0.39, 0.29) is 23.3 Å². The summed E-state index contributed by atoms with van der Waals surface area (Å²) in [5.41, 5.74) is 5.86. The summed E-state index contributed by atoms with van der Waals surface area (Å²) in [4.78, 5) is 27.8. The molecule has 2 heterocycles. The number of piperidine rings is 1. The lowest BCUT2D eigenvalue weighted by molar-refractivity contribution is -0.138. The zero-order chi connectivity index (χ0) is 29.1. The van der Waals surface area contributed by atoms with Gasteiger partial charge in [-0.15, -0.1) is 0 Å². The second-order valence-electron chi connectivity index (χ2n) is 11.6. The number of benzene rings is 3. The Bertz CT molecular complexity index is 1560. The van der Waals surface area contributed by atoms with Gasteiger partial charge in [-0.3, -0.25) is 4.79 Å². The van der Waals surface area contributed by atoms with Crippen LogP contribution in [-0.4, -0.2) is 59.3 Å². The monoisotopic (exact) mass is 565 g/mol. The molecule has 4 aromatic rings. The van der Waals surface area contributed by atoms with Crippen LogP contribution in [0.4, 0.5) is 0 Å². The number of carbonyl (C=O) groups is 2. The molecule has 6 rings (SSSR count). The third-order valence-electron chi connectivity index (χ3n) is 8.81. The molecule has 3 aromatic carbocycles. The Morgan fingerprint density at radius 2 is 1.81 bits per heavy atom. The highest BCUT2D eigenvalue weighted by atomic mass is 16.5. The quantitative estimate of drug-likeness (QED) is 0.220. The molecule has 1 saturated carbocycles. The molecule has 7 nitrogen and oxygen atoms in total. The number of aromatic nitrogens is 1. The lowest BCUT2D eigenvalue weighted by Crippen LogP contribution is -2.47. The van der Waals surface area contributed by atoms with Gasteiger partial charge in [-0.1, -0.05) is 54.6 Å². The number of fused-ring (bicyclic) bond motifs is 1. The molecule has 1 aromatic heterocycles. The minimum Gasteiger partial charge on any atom is -0.478 e. The zero-order valence-corrected chi connectivity index (χ0v) is 24.2. The van der Waals surface area contributed by atoms with E-state index in [1.165, 1.54) is 22.0 Å². The van der Waals surface area contributed by atoms with Crippen LogP contribution < -0.4 is 5.32 Å². The maximum absolute atomic E-state index is 14.4. The summed E-state index contributed by atoms with van der Waals surface area (Å²) in [7, 11) is 1.74. The van der Waals surface area contributed by atoms with Crippen molar-refractivity contribution >= 4 is 22.8 Å². The predicted molar refractivity (Wildman–Crippen MR) is 165 cm³/mol. The molecule has 1 amide bonds. The fraction of sp³-hybridized carbons (Fsp3) is 0.371. The van der Waals surface area contributed by atoms with Crippen LogP contribution in [0.5, 0.6) is 0 Å². The molecule has 0 unspecified atom stereocenters. The zero-order valence-electron chi connectivity index (χ0n) is 24.2. The molecule has 218 valence electrons. The number of carboxylic acid groups (broad SMARTS) is 1. The first-order chi connectivity index (χ1) is 20.5. The molecule has 1 aliphatic carbocycles. The van der Waals surface area contributed by atoms with Crippen LogP contribution in [0.3, 0.4) is 0 Å². The number of nitrogens with one attached hydrogen (secondary N) is 1. The summed E-state index contributed by atoms with van der Waals surface area (Å²) in [6.07, 6.45) is 6.20. The molecule has 0 spiro atoms. The molecule has 0 bridgehead atoms. The summed E-state index contributed by atoms with van der Waals surface area (Å²) >= 11 is 0. The first-order valence-corrected chi connectivity index (χ1v) is 15.0. The second-order valence-corrected chi connectivity index (χ2v) is 11.6. The van der Waals surface area contributed by atoms with E-state index in [2.05, 4.69) is 69.5 Å². The summed E-state index contributed by atoms with van der Waals surface area (Å²) < 4.78 is 7.59. The molecule has 1 aliphatic heterocycles. The van der Waals surface area contributed by atoms with Gasteiger partial charge in [0.1, 0.15) is 0 Å². The maximum atomic E-state index is 14.4. The molecule has 42 heavy (non-hydrogen) atoms. The van der Waals surface area contributed by atoms with Crippen molar-refractivity contribution in [2.75, 3.05) is 26.8 Å². The van der Waals surface area contributed by atoms with Gasteiger partial charge in [-0.2, -0.15) is 0 Å². The molecular formula is C35H39N3O4. The van der Waals surface area contributed by atoms with Crippen LogP contribution in [0.1, 0.15) is 53.1 Å². The normalized spacial score (nSPS) is 18.7. The van der Waals surface area contributed by atoms with E-state index in [9.17, 15) is 14.7 Å². The summed E-state index contributed by atoms with van der Waals surface area (Å²) in [5.74, 6) is -0.711. The number of aromatic carboxylic acids is 1. The van der Waals surface area contributed by atoms with Crippen LogP contribution in [0.15, 0.2) is 79.0 Å². The highest BCUT2D eigenvalue weighted by Gasteiger charge is 2.40. The third-order valence-corrected chi connectivity index (χ3v) is 8.81. The van der Waals surface area contributed by atoms with E-state index >= 15 is 0 Å². The number of methoxy groups -OCH3 is 1. The first kappa shape index (κ1) is 28.2. The minimum absolute atomic E-state index is 0.119. The van der Waals surface area contributed by atoms with Gasteiger partial charge in [0.25, 0.3) is 0 Å². The molecule has 2 atom stereocenters. The van der Waals surface area contributed by atoms with Crippen molar-refractivity contribution in [1.29, 1.82) is 0 Å². The van der Waals surface area contributed by atoms with Crippen molar-refractivity contribution in [2.45, 2.75) is 50.7 Å². The Labute approximate surface area is 247 Å². The van der Waals surface area contributed by atoms with Gasteiger partial charge >= 0.3 is 5.97 Å². The van der Waals surface area contributed by atoms with E-state index in [0.29, 0.717) is 19.1 Å². The van der Waals surface area contributed by atoms with E-state index in [4.69, 9.17) is 4.74 Å². The Balaban J connectivity index is 1.25. The number of amides is 1. The lowest BCUT2D eigenvalue weighted by Gasteiger charge is -2.36. The van der Waals surface area contributed by atoms with Crippen LogP contribution in [0.2, 0.25) is 0 Å². The number of carbonyl (C=O) groups excluding carboxylic acids is 1. The summed E-state index contributed by atoms with van der Waals surface area (Å²) in [6, 6.07) is 24.2. The van der Waals surface area contributed by atoms with Crippen molar-refractivity contribution in [1.82, 2.24) is 14.8 Å². The highest BCUT2D eigenvalue weighted by molar-refractivity contribution is 5.88. The van der Waals surface area contributed by atoms with Gasteiger partial charge in [0, 0.05) is 56.5 Å². The number of aryl methyl sites for hydroxylation is 1. The number of nitrogens with zero attached hydrogens (tertiary/aromatic N) is 2. The van der Waals surface area contributed by atoms with E-state index < -0.39 is 5.97 Å². The Morgan fingerprint density at radius 3 is 2.57 bits per heavy atom. The molecular weight excluding hydrogens is 526 g/mol. The van der Waals surface area contributed by atoms with Crippen molar-refractivity contribution in [2.24, 2.45) is 5.92 Å². The number of para-hydroxylation sites is 1. The molecule has 7 heteroatoms. The van der Waals surface area contributed by atoms with Crippen molar-refractivity contribution in [3.8, 4) is 11.1 Å². The Kier molecular flexibility index (Phi) is 8.40. The molecule has 0 radical (unpaired) electrons. The Hall–Kier alpha value is -3.94. The van der Waals surface area contributed by atoms with Gasteiger partial charge < -0.3 is 24.6 Å². The highest BCUT2D eigenvalue weighted by Crippen LogP contribution is 2.38. The number of hydrogen-bond donors (Lipinski definition) is 2. The predicted octanol–water partition coefficient (Wildman–Crippen LogP) is 5.93. The van der Waals surface area contributed by atoms with E-state index in [0.717, 1.165) is 56.5 Å². The molecule has 2 N–H and O–H groups in total. The van der Waals surface area contributed by atoms with Crippen molar-refractivity contribution in [3.63, 3.8) is 0 Å². The van der Waals surface area contributed by atoms with Crippen LogP contribution in [0.25, 0.3) is 22.0 Å². The standard InChI is InChI=1S/C35H39N3O4/c1-42-19-5-18-37-22-28(31-8-2-3-9-33(31)37)23-38(29-14-15-29)34(39)32-21-36-17-16-30(32)27-7-4-6-26(20-27)24-10-12-25(13-11-24)35(40)41/h2-4,6-13,20,22,29-30,32,36H,5,14-19,21,23H2,1H3,(H,40,41)/t30-,32+/m1/s1. The van der Waals surface area contributed by atoms with Gasteiger partial charge in [0.15, 0.2) is 0 Å². The van der Waals surface area contributed by atoms with Gasteiger partial charge in [-0.25, -0.2) is 4.79 Å². The Morgan fingerprint density at radius 1 is 1.00 bits per heavy atom. The van der Waals surface area contributed by atoms with Crippen molar-refractivity contribution in [3.05, 3.63) is 95.7 Å². The van der Waals surface area contributed by atoms with Crippen LogP contribution in [0, 0.1) is 5.92 Å². The number of rotatable bonds is 11. The summed E-state index contributed by atoms with van der Waals surface area (Å²) in [6.45, 7) is 3.78. The minimum atomic E-state index is -0.928. The van der Waals surface area contributed by atoms with Gasteiger partial charge in [-0.05, 0) is 78.6 Å². The summed E-state index contributed by atoms with van der Waals surface area (Å²) in [5, 5.41) is 14.0. The topological polar surface area (TPSA) is 83.8 Å². The second kappa shape index (κ2) is 12.5. The third kappa shape index (κ3) is 5.98. The molecule has 2 fully saturated rings. The van der Waals surface area contributed by atoms with E-state index in [1.807, 2.05) is 12.1 Å². The van der Waals surface area contributed by atoms with E-state index in [1.54, 1.807) is 19.2 Å². The SMILES string of the molecule is COCCCn1cc(CN(C(=O)[C@H]2CNCC[C@@H]2c2cccc(-c3ccc(C(=O)O)cc3)c2)C2CC2)c2ccccc21. The van der Waals surface area contributed by atoms with Crippen LogP contribution >= 0.6 is 0 Å². The molecule has 2 aliphatic rings. The average Bonchev–Trinajstić information content (AvgIpc) is 3.82. The van der Waals surface area contributed by atoms with Gasteiger partial charge in [0.05, 0.1) is 11.5 Å².